The van der Waals surface area contributed by atoms with Crippen molar-refractivity contribution in [3.8, 4) is 11.9 Å². The number of pyridine rings is 1. The highest BCUT2D eigenvalue weighted by molar-refractivity contribution is 5.79. The summed E-state index contributed by atoms with van der Waals surface area (Å²) in [6.07, 6.45) is 0. The Balaban J connectivity index is 1.76. The minimum absolute atomic E-state index is 0.0626. The third-order valence-electron chi connectivity index (χ3n) is 3.87. The normalized spacial score (nSPS) is 10.6. The lowest BCUT2D eigenvalue weighted by atomic mass is 10.1. The summed E-state index contributed by atoms with van der Waals surface area (Å²) in [4.78, 5) is 4.50. The number of benzene rings is 2. The van der Waals surface area contributed by atoms with E-state index in [4.69, 9.17) is 10.00 Å². The molecule has 3 aromatic rings. The zero-order chi connectivity index (χ0) is 17.6. The molecule has 0 bridgehead atoms. The predicted octanol–water partition coefficient (Wildman–Crippen LogP) is 3.93. The highest BCUT2D eigenvalue weighted by atomic mass is 19.1. The van der Waals surface area contributed by atoms with Gasteiger partial charge in [0.05, 0.1) is 17.1 Å². The number of rotatable bonds is 6. The van der Waals surface area contributed by atoms with Crippen LogP contribution in [-0.2, 0) is 13.2 Å². The van der Waals surface area contributed by atoms with Crippen LogP contribution < -0.4 is 10.1 Å². The monoisotopic (exact) mass is 335 g/mol. The Morgan fingerprint density at radius 3 is 2.76 bits per heavy atom. The summed E-state index contributed by atoms with van der Waals surface area (Å²) >= 11 is 0. The molecule has 0 fully saturated rings. The number of nitriles is 1. The molecular formula is C20H18FN3O. The average Bonchev–Trinajstić information content (AvgIpc) is 2.64. The van der Waals surface area contributed by atoms with Crippen LogP contribution in [0, 0.1) is 17.1 Å². The molecule has 25 heavy (non-hydrogen) atoms. The number of fused-ring (bicyclic) bond motifs is 1. The maximum atomic E-state index is 13.9. The van der Waals surface area contributed by atoms with Crippen LogP contribution in [0.1, 0.15) is 23.6 Å². The number of hydrogen-bond acceptors (Lipinski definition) is 4. The highest BCUT2D eigenvalue weighted by Gasteiger charge is 2.06. The third-order valence-corrected chi connectivity index (χ3v) is 3.87. The van der Waals surface area contributed by atoms with Crippen LogP contribution in [0.25, 0.3) is 10.9 Å². The number of halogens is 1. The second kappa shape index (κ2) is 7.73. The van der Waals surface area contributed by atoms with Crippen LogP contribution in [0.4, 0.5) is 4.39 Å². The van der Waals surface area contributed by atoms with Gasteiger partial charge >= 0.3 is 0 Å². The van der Waals surface area contributed by atoms with Crippen LogP contribution in [0.3, 0.4) is 0 Å². The molecule has 1 aromatic heterocycles. The largest absolute Gasteiger partial charge is 0.473 e. The summed E-state index contributed by atoms with van der Waals surface area (Å²) < 4.78 is 19.5. The molecule has 1 heterocycles. The zero-order valence-electron chi connectivity index (χ0n) is 13.9. The number of hydrogen-bond donors (Lipinski definition) is 1. The second-order valence-electron chi connectivity index (χ2n) is 5.66. The van der Waals surface area contributed by atoms with E-state index in [-0.39, 0.29) is 6.61 Å². The fourth-order valence-electron chi connectivity index (χ4n) is 2.49. The van der Waals surface area contributed by atoms with E-state index in [9.17, 15) is 4.39 Å². The number of nitrogens with zero attached hydrogens (tertiary/aromatic N) is 2. The van der Waals surface area contributed by atoms with Gasteiger partial charge in [-0.1, -0.05) is 25.1 Å². The fraction of sp³-hybridized carbons (Fsp3) is 0.200. The lowest BCUT2D eigenvalue weighted by Crippen LogP contribution is -2.11. The van der Waals surface area contributed by atoms with E-state index < -0.39 is 5.82 Å². The number of aromatic nitrogens is 1. The molecule has 2 aromatic carbocycles. The summed E-state index contributed by atoms with van der Waals surface area (Å²) in [5.41, 5.74) is 2.67. The molecule has 126 valence electrons. The molecule has 0 aliphatic rings. The quantitative estimate of drug-likeness (QED) is 0.741. The molecule has 4 nitrogen and oxygen atoms in total. The van der Waals surface area contributed by atoms with Gasteiger partial charge in [-0.25, -0.2) is 9.37 Å². The van der Waals surface area contributed by atoms with E-state index in [1.54, 1.807) is 18.2 Å². The van der Waals surface area contributed by atoms with Gasteiger partial charge in [-0.3, -0.25) is 0 Å². The Morgan fingerprint density at radius 1 is 1.16 bits per heavy atom. The summed E-state index contributed by atoms with van der Waals surface area (Å²) in [6, 6.07) is 16.1. The maximum Gasteiger partial charge on any atom is 0.214 e. The van der Waals surface area contributed by atoms with Crippen molar-refractivity contribution in [3.05, 3.63) is 71.0 Å². The molecule has 0 atom stereocenters. The minimum Gasteiger partial charge on any atom is -0.473 e. The van der Waals surface area contributed by atoms with E-state index in [0.29, 0.717) is 17.0 Å². The first-order valence-electron chi connectivity index (χ1n) is 8.11. The zero-order valence-corrected chi connectivity index (χ0v) is 13.9. The smallest absolute Gasteiger partial charge is 0.214 e. The van der Waals surface area contributed by atoms with Crippen molar-refractivity contribution < 1.29 is 9.13 Å². The second-order valence-corrected chi connectivity index (χ2v) is 5.66. The van der Waals surface area contributed by atoms with Crippen molar-refractivity contribution in [1.82, 2.24) is 10.3 Å². The molecule has 0 amide bonds. The summed E-state index contributed by atoms with van der Waals surface area (Å²) in [6.45, 7) is 3.82. The predicted molar refractivity (Wildman–Crippen MR) is 94.6 cm³/mol. The Labute approximate surface area is 145 Å². The first-order chi connectivity index (χ1) is 12.2. The van der Waals surface area contributed by atoms with Crippen LogP contribution in [0.15, 0.2) is 48.5 Å². The van der Waals surface area contributed by atoms with Gasteiger partial charge in [-0.05, 0) is 36.4 Å². The minimum atomic E-state index is -0.451. The molecule has 3 rings (SSSR count). The lowest BCUT2D eigenvalue weighted by molar-refractivity contribution is 0.289. The molecule has 0 aliphatic heterocycles. The van der Waals surface area contributed by atoms with Gasteiger partial charge in [0.2, 0.25) is 5.88 Å². The van der Waals surface area contributed by atoms with Gasteiger partial charge in [0.15, 0.2) is 0 Å². The molecule has 0 aliphatic carbocycles. The van der Waals surface area contributed by atoms with Crippen LogP contribution in [-0.4, -0.2) is 11.5 Å². The van der Waals surface area contributed by atoms with Gasteiger partial charge in [-0.2, -0.15) is 5.26 Å². The fourth-order valence-corrected chi connectivity index (χ4v) is 2.49. The van der Waals surface area contributed by atoms with Crippen molar-refractivity contribution in [2.24, 2.45) is 0 Å². The van der Waals surface area contributed by atoms with Crippen LogP contribution in [0.2, 0.25) is 0 Å². The van der Waals surface area contributed by atoms with Crippen molar-refractivity contribution in [3.63, 3.8) is 0 Å². The van der Waals surface area contributed by atoms with Crippen LogP contribution in [0.5, 0.6) is 5.88 Å². The summed E-state index contributed by atoms with van der Waals surface area (Å²) in [5, 5.41) is 13.1. The van der Waals surface area contributed by atoms with E-state index in [1.807, 2.05) is 24.3 Å². The van der Waals surface area contributed by atoms with Gasteiger partial charge in [0.1, 0.15) is 12.4 Å². The molecule has 1 N–H and O–H groups in total. The van der Waals surface area contributed by atoms with Gasteiger partial charge in [0, 0.05) is 23.6 Å². The maximum absolute atomic E-state index is 13.9. The van der Waals surface area contributed by atoms with E-state index in [2.05, 4.69) is 23.3 Å². The SMILES string of the molecule is CCNCc1ccc2ccc(OCc3ccc(C#N)cc3F)nc2c1. The van der Waals surface area contributed by atoms with Gasteiger partial charge in [0.25, 0.3) is 0 Å². The number of nitrogens with one attached hydrogen (secondary N) is 1. The molecule has 0 unspecified atom stereocenters. The molecule has 0 spiro atoms. The topological polar surface area (TPSA) is 57.9 Å². The Morgan fingerprint density at radius 2 is 2.00 bits per heavy atom. The first kappa shape index (κ1) is 16.9. The van der Waals surface area contributed by atoms with Crippen molar-refractivity contribution in [2.75, 3.05) is 6.54 Å². The van der Waals surface area contributed by atoms with Crippen molar-refractivity contribution in [1.29, 1.82) is 5.26 Å². The molecular weight excluding hydrogens is 317 g/mol. The third kappa shape index (κ3) is 4.11. The van der Waals surface area contributed by atoms with E-state index in [0.717, 1.165) is 29.6 Å². The van der Waals surface area contributed by atoms with Crippen LogP contribution >= 0.6 is 0 Å². The highest BCUT2D eigenvalue weighted by Crippen LogP contribution is 2.20. The average molecular weight is 335 g/mol. The van der Waals surface area contributed by atoms with E-state index >= 15 is 0 Å². The van der Waals surface area contributed by atoms with Crippen molar-refractivity contribution in [2.45, 2.75) is 20.1 Å². The summed E-state index contributed by atoms with van der Waals surface area (Å²) in [7, 11) is 0. The Bertz CT molecular complexity index is 934. The van der Waals surface area contributed by atoms with E-state index in [1.165, 1.54) is 6.07 Å². The first-order valence-corrected chi connectivity index (χ1v) is 8.11. The number of ether oxygens (including phenoxy) is 1. The Kier molecular flexibility index (Phi) is 5.22. The Hall–Kier alpha value is -2.97. The molecule has 0 saturated heterocycles. The van der Waals surface area contributed by atoms with Gasteiger partial charge < -0.3 is 10.1 Å². The summed E-state index contributed by atoms with van der Waals surface area (Å²) in [5.74, 6) is -0.00961. The lowest BCUT2D eigenvalue weighted by Gasteiger charge is -2.08. The standard InChI is InChI=1S/C20H18FN3O/c1-2-23-12-15-4-5-16-7-8-20(24-19(16)10-15)25-13-17-6-3-14(11-22)9-18(17)21/h3-10,23H,2,12-13H2,1H3. The van der Waals surface area contributed by atoms with Gasteiger partial charge in [-0.15, -0.1) is 0 Å². The molecule has 0 radical (unpaired) electrons. The van der Waals surface area contributed by atoms with Crippen molar-refractivity contribution >= 4 is 10.9 Å². The molecule has 0 saturated carbocycles. The molecule has 5 heteroatoms.